The lowest BCUT2D eigenvalue weighted by Crippen LogP contribution is -2.50. The Bertz CT molecular complexity index is 478. The van der Waals surface area contributed by atoms with Crippen molar-refractivity contribution in [3.05, 3.63) is 29.8 Å². The van der Waals surface area contributed by atoms with Gasteiger partial charge in [0.2, 0.25) is 5.91 Å². The molecule has 0 aromatic heterocycles. The Hall–Kier alpha value is -1.59. The summed E-state index contributed by atoms with van der Waals surface area (Å²) >= 11 is 0. The zero-order chi connectivity index (χ0) is 14.6. The Morgan fingerprint density at radius 1 is 1.55 bits per heavy atom. The topological polar surface area (TPSA) is 73.6 Å². The molecule has 1 aromatic carbocycles. The lowest BCUT2D eigenvalue weighted by atomic mass is 9.85. The van der Waals surface area contributed by atoms with Gasteiger partial charge in [-0.2, -0.15) is 0 Å². The van der Waals surface area contributed by atoms with Crippen LogP contribution in [0.4, 0.5) is 0 Å². The third kappa shape index (κ3) is 2.94. The van der Waals surface area contributed by atoms with Crippen LogP contribution in [-0.2, 0) is 16.0 Å². The predicted octanol–water partition coefficient (Wildman–Crippen LogP) is 0.718. The van der Waals surface area contributed by atoms with Gasteiger partial charge in [0.25, 0.3) is 0 Å². The van der Waals surface area contributed by atoms with Crippen LogP contribution in [0.3, 0.4) is 0 Å². The van der Waals surface area contributed by atoms with Crippen molar-refractivity contribution in [3.8, 4) is 5.75 Å². The number of para-hydroxylation sites is 1. The number of nitrogens with two attached hydrogens (primary N) is 1. The van der Waals surface area contributed by atoms with Crippen molar-refractivity contribution in [1.82, 2.24) is 5.32 Å². The Balaban J connectivity index is 1.88. The summed E-state index contributed by atoms with van der Waals surface area (Å²) < 4.78 is 10.6. The van der Waals surface area contributed by atoms with Crippen LogP contribution in [0.2, 0.25) is 0 Å². The number of ether oxygens (including phenoxy) is 2. The van der Waals surface area contributed by atoms with E-state index in [-0.39, 0.29) is 11.9 Å². The van der Waals surface area contributed by atoms with Crippen molar-refractivity contribution in [1.29, 1.82) is 0 Å². The second-order valence-electron chi connectivity index (χ2n) is 5.36. The molecule has 0 spiro atoms. The quantitative estimate of drug-likeness (QED) is 0.832. The molecule has 1 amide bonds. The van der Waals surface area contributed by atoms with E-state index in [2.05, 4.69) is 5.32 Å². The Morgan fingerprint density at radius 2 is 2.30 bits per heavy atom. The Labute approximate surface area is 119 Å². The maximum Gasteiger partial charge on any atom is 0.229 e. The number of rotatable bonds is 5. The fraction of sp³-hybridized carbons (Fsp3) is 0.533. The first kappa shape index (κ1) is 14.8. The molecule has 2 unspecified atom stereocenters. The average molecular weight is 278 g/mol. The minimum atomic E-state index is -0.624. The molecular formula is C15H22N2O3. The van der Waals surface area contributed by atoms with Crippen LogP contribution in [0.15, 0.2) is 24.3 Å². The first-order chi connectivity index (χ1) is 9.58. The maximum atomic E-state index is 12.2. The molecule has 1 aliphatic rings. The van der Waals surface area contributed by atoms with Gasteiger partial charge < -0.3 is 20.5 Å². The largest absolute Gasteiger partial charge is 0.496 e. The average Bonchev–Trinajstić information content (AvgIpc) is 2.80. The maximum absolute atomic E-state index is 12.2. The molecule has 5 nitrogen and oxygen atoms in total. The van der Waals surface area contributed by atoms with Gasteiger partial charge >= 0.3 is 0 Å². The van der Waals surface area contributed by atoms with Crippen LogP contribution >= 0.6 is 0 Å². The summed E-state index contributed by atoms with van der Waals surface area (Å²) in [4.78, 5) is 12.2. The molecule has 2 rings (SSSR count). The summed E-state index contributed by atoms with van der Waals surface area (Å²) in [5, 5.41) is 2.94. The highest BCUT2D eigenvalue weighted by Gasteiger charge is 2.44. The number of carbonyl (C=O) groups excluding carboxylic acids is 1. The molecular weight excluding hydrogens is 256 g/mol. The fourth-order valence-corrected chi connectivity index (χ4v) is 2.34. The number of hydrogen-bond acceptors (Lipinski definition) is 4. The van der Waals surface area contributed by atoms with Crippen molar-refractivity contribution < 1.29 is 14.3 Å². The van der Waals surface area contributed by atoms with Crippen molar-refractivity contribution in [2.24, 2.45) is 11.1 Å². The zero-order valence-electron chi connectivity index (χ0n) is 12.0. The molecule has 0 saturated carbocycles. The Kier molecular flexibility index (Phi) is 4.62. The summed E-state index contributed by atoms with van der Waals surface area (Å²) in [7, 11) is 1.65. The summed E-state index contributed by atoms with van der Waals surface area (Å²) in [6.45, 7) is 3.23. The summed E-state index contributed by atoms with van der Waals surface area (Å²) in [6, 6.07) is 7.56. The number of nitrogens with one attached hydrogen (secondary N) is 1. The van der Waals surface area contributed by atoms with Gasteiger partial charge in [0, 0.05) is 12.6 Å². The second kappa shape index (κ2) is 6.24. The van der Waals surface area contributed by atoms with E-state index < -0.39 is 5.41 Å². The van der Waals surface area contributed by atoms with E-state index in [4.69, 9.17) is 15.2 Å². The van der Waals surface area contributed by atoms with Crippen LogP contribution in [0.25, 0.3) is 0 Å². The Morgan fingerprint density at radius 3 is 2.95 bits per heavy atom. The van der Waals surface area contributed by atoms with E-state index in [1.165, 1.54) is 0 Å². The summed E-state index contributed by atoms with van der Waals surface area (Å²) in [6.07, 6.45) is 0.724. The number of benzene rings is 1. The van der Waals surface area contributed by atoms with E-state index in [1.807, 2.05) is 31.2 Å². The lowest BCUT2D eigenvalue weighted by molar-refractivity contribution is -0.130. The number of amides is 1. The fourth-order valence-electron chi connectivity index (χ4n) is 2.34. The molecule has 1 fully saturated rings. The molecule has 5 heteroatoms. The highest BCUT2D eigenvalue weighted by molar-refractivity contribution is 5.83. The van der Waals surface area contributed by atoms with Crippen molar-refractivity contribution >= 4 is 5.91 Å². The van der Waals surface area contributed by atoms with Crippen LogP contribution in [0.1, 0.15) is 12.5 Å². The van der Waals surface area contributed by atoms with Gasteiger partial charge in [-0.1, -0.05) is 18.2 Å². The number of methoxy groups -OCH3 is 1. The molecule has 2 atom stereocenters. The monoisotopic (exact) mass is 278 g/mol. The first-order valence-corrected chi connectivity index (χ1v) is 6.81. The van der Waals surface area contributed by atoms with Crippen molar-refractivity contribution in [3.63, 3.8) is 0 Å². The van der Waals surface area contributed by atoms with Crippen LogP contribution < -0.4 is 15.8 Å². The molecule has 1 aliphatic heterocycles. The van der Waals surface area contributed by atoms with Gasteiger partial charge in [0.05, 0.1) is 25.7 Å². The highest BCUT2D eigenvalue weighted by atomic mass is 16.5. The van der Waals surface area contributed by atoms with Gasteiger partial charge in [0.1, 0.15) is 5.75 Å². The first-order valence-electron chi connectivity index (χ1n) is 6.81. The van der Waals surface area contributed by atoms with E-state index in [0.29, 0.717) is 19.8 Å². The van der Waals surface area contributed by atoms with Gasteiger partial charge in [-0.05, 0) is 25.0 Å². The smallest absolute Gasteiger partial charge is 0.229 e. The molecule has 0 bridgehead atoms. The van der Waals surface area contributed by atoms with Crippen LogP contribution in [-0.4, -0.2) is 38.8 Å². The van der Waals surface area contributed by atoms with Gasteiger partial charge in [-0.3, -0.25) is 4.79 Å². The molecule has 3 N–H and O–H groups in total. The van der Waals surface area contributed by atoms with E-state index in [9.17, 15) is 4.79 Å². The molecule has 1 saturated heterocycles. The molecule has 1 heterocycles. The second-order valence-corrected chi connectivity index (χ2v) is 5.36. The zero-order valence-corrected chi connectivity index (χ0v) is 12.0. The third-order valence-electron chi connectivity index (χ3n) is 3.91. The highest BCUT2D eigenvalue weighted by Crippen LogP contribution is 2.27. The molecule has 0 radical (unpaired) electrons. The van der Waals surface area contributed by atoms with E-state index >= 15 is 0 Å². The van der Waals surface area contributed by atoms with Crippen LogP contribution in [0.5, 0.6) is 5.75 Å². The van der Waals surface area contributed by atoms with E-state index in [0.717, 1.165) is 17.7 Å². The van der Waals surface area contributed by atoms with Crippen LogP contribution in [0, 0.1) is 5.41 Å². The number of hydrogen-bond donors (Lipinski definition) is 2. The lowest BCUT2D eigenvalue weighted by Gasteiger charge is -2.25. The summed E-state index contributed by atoms with van der Waals surface area (Å²) in [5.41, 5.74) is 6.39. The normalized spacial score (nSPS) is 25.4. The van der Waals surface area contributed by atoms with Crippen molar-refractivity contribution in [2.75, 3.05) is 26.9 Å². The number of carbonyl (C=O) groups is 1. The minimum absolute atomic E-state index is 0.0441. The predicted molar refractivity (Wildman–Crippen MR) is 76.6 cm³/mol. The molecule has 20 heavy (non-hydrogen) atoms. The molecule has 110 valence electrons. The van der Waals surface area contributed by atoms with Gasteiger partial charge in [-0.25, -0.2) is 0 Å². The third-order valence-corrected chi connectivity index (χ3v) is 3.91. The van der Waals surface area contributed by atoms with Gasteiger partial charge in [-0.15, -0.1) is 0 Å². The minimum Gasteiger partial charge on any atom is -0.496 e. The van der Waals surface area contributed by atoms with E-state index in [1.54, 1.807) is 7.11 Å². The standard InChI is InChI=1S/C15H22N2O3/c1-15(10-20-9-13(15)16)14(18)17-8-7-11-5-3-4-6-12(11)19-2/h3-6,13H,7-10,16H2,1-2H3,(H,17,18). The van der Waals surface area contributed by atoms with Crippen molar-refractivity contribution in [2.45, 2.75) is 19.4 Å². The molecule has 0 aliphatic carbocycles. The summed E-state index contributed by atoms with van der Waals surface area (Å²) in [5.74, 6) is 0.797. The SMILES string of the molecule is COc1ccccc1CCNC(=O)C1(C)COCC1N. The van der Waals surface area contributed by atoms with Gasteiger partial charge in [0.15, 0.2) is 0 Å². The molecule has 1 aromatic rings.